The molecule has 1 aliphatic rings. The average molecular weight is 241 g/mol. The van der Waals surface area contributed by atoms with E-state index in [1.165, 1.54) is 18.5 Å². The molecule has 0 saturated carbocycles. The fourth-order valence-corrected chi connectivity index (χ4v) is 2.64. The number of hydrogen-bond donors (Lipinski definition) is 1. The first-order valence-corrected chi connectivity index (χ1v) is 7.51. The summed E-state index contributed by atoms with van der Waals surface area (Å²) in [5.74, 6) is 1.28. The second-order valence-corrected chi connectivity index (χ2v) is 5.89. The van der Waals surface area contributed by atoms with Gasteiger partial charge in [-0.3, -0.25) is 4.21 Å². The molecule has 0 aromatic carbocycles. The molecule has 2 rings (SSSR count). The van der Waals surface area contributed by atoms with Gasteiger partial charge in [-0.05, 0) is 19.4 Å². The Morgan fingerprint density at radius 3 is 3.25 bits per heavy atom. The molecule has 2 unspecified atom stereocenters. The summed E-state index contributed by atoms with van der Waals surface area (Å²) in [5.41, 5.74) is 1.29. The minimum atomic E-state index is -0.728. The van der Waals surface area contributed by atoms with Crippen LogP contribution in [0, 0.1) is 0 Å². The van der Waals surface area contributed by atoms with E-state index in [2.05, 4.69) is 14.9 Å². The Kier molecular flexibility index (Phi) is 4.12. The number of imidazole rings is 1. The van der Waals surface area contributed by atoms with Crippen molar-refractivity contribution in [3.05, 3.63) is 18.2 Å². The molecule has 1 aromatic rings. The molecule has 0 aliphatic carbocycles. The average Bonchev–Trinajstić information content (AvgIpc) is 2.75. The van der Waals surface area contributed by atoms with Crippen LogP contribution in [-0.2, 0) is 17.3 Å². The highest BCUT2D eigenvalue weighted by atomic mass is 32.2. The van der Waals surface area contributed by atoms with Crippen molar-refractivity contribution < 1.29 is 4.21 Å². The topological polar surface area (TPSA) is 46.9 Å². The van der Waals surface area contributed by atoms with E-state index in [0.29, 0.717) is 11.7 Å². The molecule has 0 amide bonds. The smallest absolute Gasteiger partial charge is 0.0948 e. The first kappa shape index (κ1) is 11.8. The third kappa shape index (κ3) is 2.92. The molecular weight excluding hydrogens is 222 g/mol. The van der Waals surface area contributed by atoms with E-state index < -0.39 is 10.8 Å². The van der Waals surface area contributed by atoms with E-state index in [1.54, 1.807) is 6.26 Å². The van der Waals surface area contributed by atoms with Gasteiger partial charge in [0, 0.05) is 53.7 Å². The zero-order valence-corrected chi connectivity index (χ0v) is 10.5. The van der Waals surface area contributed by atoms with Crippen molar-refractivity contribution in [1.82, 2.24) is 14.9 Å². The SMILES string of the molecule is CS(=O)CCn1cncc1C1CCCNC1. The van der Waals surface area contributed by atoms with Crippen LogP contribution in [0.4, 0.5) is 0 Å². The molecule has 2 heterocycles. The molecule has 1 fully saturated rings. The minimum Gasteiger partial charge on any atom is -0.333 e. The van der Waals surface area contributed by atoms with Crippen LogP contribution in [0.1, 0.15) is 24.5 Å². The summed E-state index contributed by atoms with van der Waals surface area (Å²) in [5, 5.41) is 3.41. The summed E-state index contributed by atoms with van der Waals surface area (Å²) in [6.07, 6.45) is 8.02. The Morgan fingerprint density at radius 2 is 2.56 bits per heavy atom. The van der Waals surface area contributed by atoms with Gasteiger partial charge in [-0.2, -0.15) is 0 Å². The first-order chi connectivity index (χ1) is 7.77. The van der Waals surface area contributed by atoms with Gasteiger partial charge < -0.3 is 9.88 Å². The Morgan fingerprint density at radius 1 is 1.69 bits per heavy atom. The lowest BCUT2D eigenvalue weighted by Crippen LogP contribution is -2.29. The molecule has 90 valence electrons. The van der Waals surface area contributed by atoms with E-state index in [0.717, 1.165) is 19.6 Å². The van der Waals surface area contributed by atoms with Gasteiger partial charge >= 0.3 is 0 Å². The van der Waals surface area contributed by atoms with E-state index >= 15 is 0 Å². The number of aryl methyl sites for hydroxylation is 1. The lowest BCUT2D eigenvalue weighted by atomic mass is 9.96. The molecule has 1 aromatic heterocycles. The van der Waals surface area contributed by atoms with Gasteiger partial charge in [0.25, 0.3) is 0 Å². The van der Waals surface area contributed by atoms with Gasteiger partial charge in [-0.25, -0.2) is 4.98 Å². The summed E-state index contributed by atoms with van der Waals surface area (Å²) in [7, 11) is -0.728. The predicted octanol–water partition coefficient (Wildman–Crippen LogP) is 0.729. The van der Waals surface area contributed by atoms with Crippen LogP contribution in [0.5, 0.6) is 0 Å². The second kappa shape index (κ2) is 5.59. The van der Waals surface area contributed by atoms with Crippen molar-refractivity contribution >= 4 is 10.8 Å². The van der Waals surface area contributed by atoms with Crippen molar-refractivity contribution in [2.45, 2.75) is 25.3 Å². The zero-order valence-electron chi connectivity index (χ0n) is 9.69. The summed E-state index contributed by atoms with van der Waals surface area (Å²) in [6, 6.07) is 0. The molecule has 0 bridgehead atoms. The molecule has 0 radical (unpaired) electrons. The highest BCUT2D eigenvalue weighted by molar-refractivity contribution is 7.84. The number of aromatic nitrogens is 2. The number of hydrogen-bond acceptors (Lipinski definition) is 3. The van der Waals surface area contributed by atoms with Crippen molar-refractivity contribution in [2.24, 2.45) is 0 Å². The highest BCUT2D eigenvalue weighted by Gasteiger charge is 2.18. The van der Waals surface area contributed by atoms with Crippen molar-refractivity contribution in [3.8, 4) is 0 Å². The minimum absolute atomic E-state index is 0.571. The number of piperidine rings is 1. The maximum Gasteiger partial charge on any atom is 0.0948 e. The fourth-order valence-electron chi connectivity index (χ4n) is 2.19. The van der Waals surface area contributed by atoms with Gasteiger partial charge in [-0.15, -0.1) is 0 Å². The molecule has 0 spiro atoms. The molecule has 1 N–H and O–H groups in total. The molecule has 1 aliphatic heterocycles. The summed E-state index contributed by atoms with van der Waals surface area (Å²) in [6.45, 7) is 2.99. The third-order valence-electron chi connectivity index (χ3n) is 3.08. The molecule has 1 saturated heterocycles. The predicted molar refractivity (Wildman–Crippen MR) is 66.0 cm³/mol. The summed E-state index contributed by atoms with van der Waals surface area (Å²) >= 11 is 0. The van der Waals surface area contributed by atoms with E-state index in [1.807, 2.05) is 12.5 Å². The Hall–Kier alpha value is -0.680. The second-order valence-electron chi connectivity index (χ2n) is 4.33. The largest absolute Gasteiger partial charge is 0.333 e. The van der Waals surface area contributed by atoms with Gasteiger partial charge in [0.2, 0.25) is 0 Å². The van der Waals surface area contributed by atoms with E-state index in [-0.39, 0.29) is 0 Å². The number of nitrogens with zero attached hydrogens (tertiary/aromatic N) is 2. The summed E-state index contributed by atoms with van der Waals surface area (Å²) in [4.78, 5) is 4.21. The van der Waals surface area contributed by atoms with Crippen LogP contribution in [0.15, 0.2) is 12.5 Å². The van der Waals surface area contributed by atoms with Gasteiger partial charge in [0.15, 0.2) is 0 Å². The zero-order chi connectivity index (χ0) is 11.4. The van der Waals surface area contributed by atoms with Crippen LogP contribution in [0.2, 0.25) is 0 Å². The van der Waals surface area contributed by atoms with Gasteiger partial charge in [0.1, 0.15) is 0 Å². The lowest BCUT2D eigenvalue weighted by molar-refractivity contribution is 0.442. The van der Waals surface area contributed by atoms with Gasteiger partial charge in [-0.1, -0.05) is 0 Å². The lowest BCUT2D eigenvalue weighted by Gasteiger charge is -2.23. The van der Waals surface area contributed by atoms with Crippen LogP contribution in [0.25, 0.3) is 0 Å². The maximum atomic E-state index is 11.1. The normalized spacial score (nSPS) is 23.2. The molecule has 4 nitrogen and oxygen atoms in total. The van der Waals surface area contributed by atoms with Crippen LogP contribution in [-0.4, -0.2) is 38.9 Å². The van der Waals surface area contributed by atoms with Crippen molar-refractivity contribution in [3.63, 3.8) is 0 Å². The fraction of sp³-hybridized carbons (Fsp3) is 0.727. The number of rotatable bonds is 4. The van der Waals surface area contributed by atoms with Crippen LogP contribution in [0.3, 0.4) is 0 Å². The Bertz CT molecular complexity index is 358. The van der Waals surface area contributed by atoms with E-state index in [4.69, 9.17) is 0 Å². The summed E-state index contributed by atoms with van der Waals surface area (Å²) < 4.78 is 13.2. The molecule has 5 heteroatoms. The highest BCUT2D eigenvalue weighted by Crippen LogP contribution is 2.22. The Balaban J connectivity index is 2.02. The van der Waals surface area contributed by atoms with E-state index in [9.17, 15) is 4.21 Å². The van der Waals surface area contributed by atoms with Crippen LogP contribution >= 0.6 is 0 Å². The monoisotopic (exact) mass is 241 g/mol. The molecular formula is C11H19N3OS. The third-order valence-corrected chi connectivity index (χ3v) is 3.84. The quantitative estimate of drug-likeness (QED) is 0.845. The standard InChI is InChI=1S/C11H19N3OS/c1-16(15)6-5-14-9-13-8-11(14)10-3-2-4-12-7-10/h8-10,12H,2-7H2,1H3. The maximum absolute atomic E-state index is 11.1. The first-order valence-electron chi connectivity index (χ1n) is 5.78. The van der Waals surface area contributed by atoms with Crippen molar-refractivity contribution in [1.29, 1.82) is 0 Å². The Labute approximate surface area is 98.9 Å². The van der Waals surface area contributed by atoms with Gasteiger partial charge in [0.05, 0.1) is 6.33 Å². The van der Waals surface area contributed by atoms with Crippen LogP contribution < -0.4 is 5.32 Å². The van der Waals surface area contributed by atoms with Crippen molar-refractivity contribution in [2.75, 3.05) is 25.1 Å². The molecule has 16 heavy (non-hydrogen) atoms. The number of nitrogens with one attached hydrogen (secondary N) is 1. The molecule has 2 atom stereocenters.